The smallest absolute Gasteiger partial charge is 0.156 e. The van der Waals surface area contributed by atoms with E-state index in [9.17, 15) is 13.5 Å². The van der Waals surface area contributed by atoms with E-state index in [0.717, 1.165) is 23.0 Å². The molecule has 0 saturated carbocycles. The van der Waals surface area contributed by atoms with E-state index >= 15 is 0 Å². The van der Waals surface area contributed by atoms with Gasteiger partial charge in [-0.25, -0.2) is 8.42 Å². The van der Waals surface area contributed by atoms with Crippen LogP contribution < -0.4 is 0 Å². The number of furan rings is 1. The number of rotatable bonds is 2. The molecule has 1 aromatic carbocycles. The summed E-state index contributed by atoms with van der Waals surface area (Å²) < 4.78 is 29.8. The molecule has 4 nitrogen and oxygen atoms in total. The van der Waals surface area contributed by atoms with Crippen LogP contribution >= 0.6 is 0 Å². The van der Waals surface area contributed by atoms with Gasteiger partial charge in [-0.1, -0.05) is 24.6 Å². The molecular formula is C15H18O4S. The summed E-state index contributed by atoms with van der Waals surface area (Å²) in [4.78, 5) is 0. The molecule has 0 aliphatic carbocycles. The quantitative estimate of drug-likeness (QED) is 0.924. The first kappa shape index (κ1) is 13.6. The molecule has 2 unspecified atom stereocenters. The zero-order valence-electron chi connectivity index (χ0n) is 11.4. The fraction of sp³-hybridized carbons (Fsp3) is 0.467. The van der Waals surface area contributed by atoms with Crippen molar-refractivity contribution in [3.63, 3.8) is 0 Å². The zero-order valence-corrected chi connectivity index (χ0v) is 12.2. The van der Waals surface area contributed by atoms with Crippen LogP contribution in [0.3, 0.4) is 0 Å². The van der Waals surface area contributed by atoms with Gasteiger partial charge in [0.1, 0.15) is 17.4 Å². The first-order chi connectivity index (χ1) is 9.49. The summed E-state index contributed by atoms with van der Waals surface area (Å²) in [7, 11) is -3.23. The van der Waals surface area contributed by atoms with Gasteiger partial charge in [-0.15, -0.1) is 0 Å². The summed E-state index contributed by atoms with van der Waals surface area (Å²) in [6.07, 6.45) is 0.942. The van der Waals surface area contributed by atoms with Gasteiger partial charge in [0.25, 0.3) is 0 Å². The number of hydrogen-bond donors (Lipinski definition) is 1. The first-order valence-electron chi connectivity index (χ1n) is 6.88. The van der Waals surface area contributed by atoms with E-state index in [1.165, 1.54) is 0 Å². The molecular weight excluding hydrogens is 276 g/mol. The van der Waals surface area contributed by atoms with Crippen LogP contribution in [-0.4, -0.2) is 24.5 Å². The fourth-order valence-corrected chi connectivity index (χ4v) is 4.85. The number of aliphatic hydroxyl groups is 1. The van der Waals surface area contributed by atoms with Crippen molar-refractivity contribution >= 4 is 20.8 Å². The van der Waals surface area contributed by atoms with Crippen LogP contribution in [0.25, 0.3) is 11.0 Å². The molecule has 108 valence electrons. The normalized spacial score (nSPS) is 23.8. The Balaban J connectivity index is 2.00. The average Bonchev–Trinajstić information content (AvgIpc) is 2.83. The van der Waals surface area contributed by atoms with Crippen molar-refractivity contribution in [3.8, 4) is 0 Å². The molecule has 1 aliphatic heterocycles. The number of benzene rings is 1. The second-order valence-electron chi connectivity index (χ2n) is 5.49. The lowest BCUT2D eigenvalue weighted by atomic mass is 10.1. The minimum atomic E-state index is -3.23. The largest absolute Gasteiger partial charge is 0.458 e. The topological polar surface area (TPSA) is 67.5 Å². The van der Waals surface area contributed by atoms with Gasteiger partial charge in [0.2, 0.25) is 0 Å². The van der Waals surface area contributed by atoms with Gasteiger partial charge < -0.3 is 9.52 Å². The molecule has 2 aromatic rings. The van der Waals surface area contributed by atoms with Crippen LogP contribution in [0.15, 0.2) is 28.7 Å². The highest BCUT2D eigenvalue weighted by molar-refractivity contribution is 7.92. The molecule has 1 N–H and O–H groups in total. The summed E-state index contributed by atoms with van der Waals surface area (Å²) >= 11 is 0. The molecule has 0 radical (unpaired) electrons. The number of sulfone groups is 1. The zero-order chi connectivity index (χ0) is 14.3. The van der Waals surface area contributed by atoms with Crippen LogP contribution in [-0.2, 0) is 9.84 Å². The van der Waals surface area contributed by atoms with Crippen molar-refractivity contribution in [1.82, 2.24) is 0 Å². The van der Waals surface area contributed by atoms with E-state index in [1.807, 2.05) is 25.1 Å². The van der Waals surface area contributed by atoms with Crippen LogP contribution in [0, 0.1) is 6.92 Å². The minimum Gasteiger partial charge on any atom is -0.458 e. The second kappa shape index (κ2) is 4.90. The first-order valence-corrected chi connectivity index (χ1v) is 8.59. The highest BCUT2D eigenvalue weighted by Crippen LogP contribution is 2.34. The summed E-state index contributed by atoms with van der Waals surface area (Å²) in [6.45, 7) is 1.93. The van der Waals surface area contributed by atoms with Crippen molar-refractivity contribution in [2.45, 2.75) is 37.5 Å². The molecule has 0 bridgehead atoms. The predicted octanol–water partition coefficient (Wildman–Crippen LogP) is 2.74. The summed E-state index contributed by atoms with van der Waals surface area (Å²) in [5, 5.41) is 10.6. The minimum absolute atomic E-state index is 0.161. The van der Waals surface area contributed by atoms with E-state index in [2.05, 4.69) is 0 Å². The standard InChI is InChI=1S/C15H18O4S/c1-10-5-4-6-11-9-12(19-15(10)11)14(16)13-7-2-3-8-20(13,17)18/h4-6,9,13-14,16H,2-3,7-8H2,1H3. The molecule has 3 rings (SSSR count). The monoisotopic (exact) mass is 294 g/mol. The van der Waals surface area contributed by atoms with Gasteiger partial charge in [-0.3, -0.25) is 0 Å². The van der Waals surface area contributed by atoms with Crippen LogP contribution in [0.5, 0.6) is 0 Å². The molecule has 1 aromatic heterocycles. The Bertz CT molecular complexity index is 729. The van der Waals surface area contributed by atoms with Gasteiger partial charge in [0.15, 0.2) is 9.84 Å². The Hall–Kier alpha value is -1.33. The molecule has 5 heteroatoms. The van der Waals surface area contributed by atoms with E-state index in [0.29, 0.717) is 18.6 Å². The predicted molar refractivity (Wildman–Crippen MR) is 77.3 cm³/mol. The Morgan fingerprint density at radius 2 is 2.15 bits per heavy atom. The number of aliphatic hydroxyl groups excluding tert-OH is 1. The van der Waals surface area contributed by atoms with E-state index in [1.54, 1.807) is 6.07 Å². The SMILES string of the molecule is Cc1cccc2cc(C(O)C3CCCCS3(=O)=O)oc12. The van der Waals surface area contributed by atoms with Crippen molar-refractivity contribution < 1.29 is 17.9 Å². The molecule has 20 heavy (non-hydrogen) atoms. The van der Waals surface area contributed by atoms with Gasteiger partial charge in [-0.05, 0) is 31.4 Å². The lowest BCUT2D eigenvalue weighted by Crippen LogP contribution is -2.33. The van der Waals surface area contributed by atoms with Crippen LogP contribution in [0.1, 0.15) is 36.7 Å². The van der Waals surface area contributed by atoms with E-state index in [-0.39, 0.29) is 5.75 Å². The summed E-state index contributed by atoms with van der Waals surface area (Å²) in [5.74, 6) is 0.512. The second-order valence-corrected chi connectivity index (χ2v) is 7.83. The molecule has 0 amide bonds. The van der Waals surface area contributed by atoms with Gasteiger partial charge in [0.05, 0.1) is 11.0 Å². The average molecular weight is 294 g/mol. The van der Waals surface area contributed by atoms with Crippen molar-refractivity contribution in [3.05, 3.63) is 35.6 Å². The highest BCUT2D eigenvalue weighted by atomic mass is 32.2. The molecule has 0 spiro atoms. The maximum absolute atomic E-state index is 12.1. The highest BCUT2D eigenvalue weighted by Gasteiger charge is 2.37. The van der Waals surface area contributed by atoms with Crippen molar-refractivity contribution in [1.29, 1.82) is 0 Å². The molecule has 2 atom stereocenters. The van der Waals surface area contributed by atoms with Gasteiger partial charge in [0, 0.05) is 5.39 Å². The van der Waals surface area contributed by atoms with Crippen LogP contribution in [0.2, 0.25) is 0 Å². The van der Waals surface area contributed by atoms with Crippen LogP contribution in [0.4, 0.5) is 0 Å². The number of para-hydroxylation sites is 1. The Kier molecular flexibility index (Phi) is 3.34. The summed E-state index contributed by atoms with van der Waals surface area (Å²) in [6, 6.07) is 7.49. The number of fused-ring (bicyclic) bond motifs is 1. The fourth-order valence-electron chi connectivity index (χ4n) is 2.89. The van der Waals surface area contributed by atoms with E-state index < -0.39 is 21.2 Å². The lowest BCUT2D eigenvalue weighted by molar-refractivity contribution is 0.140. The third-order valence-electron chi connectivity index (χ3n) is 4.03. The number of hydrogen-bond acceptors (Lipinski definition) is 4. The van der Waals surface area contributed by atoms with Gasteiger partial charge in [-0.2, -0.15) is 0 Å². The third kappa shape index (κ3) is 2.25. The molecule has 1 saturated heterocycles. The third-order valence-corrected chi connectivity index (χ3v) is 6.31. The Morgan fingerprint density at radius 1 is 1.35 bits per heavy atom. The van der Waals surface area contributed by atoms with Crippen molar-refractivity contribution in [2.24, 2.45) is 0 Å². The maximum atomic E-state index is 12.1. The lowest BCUT2D eigenvalue weighted by Gasteiger charge is -2.25. The number of aryl methyl sites for hydroxylation is 1. The molecule has 1 fully saturated rings. The summed E-state index contributed by atoms with van der Waals surface area (Å²) in [5.41, 5.74) is 1.70. The van der Waals surface area contributed by atoms with Gasteiger partial charge >= 0.3 is 0 Å². The molecule has 1 aliphatic rings. The molecule has 2 heterocycles. The van der Waals surface area contributed by atoms with Crippen molar-refractivity contribution in [2.75, 3.05) is 5.75 Å². The maximum Gasteiger partial charge on any atom is 0.156 e. The Labute approximate surface area is 118 Å². The van der Waals surface area contributed by atoms with E-state index in [4.69, 9.17) is 4.42 Å². The Morgan fingerprint density at radius 3 is 2.85 bits per heavy atom.